The van der Waals surface area contributed by atoms with Crippen molar-refractivity contribution in [1.29, 1.82) is 0 Å². The van der Waals surface area contributed by atoms with Crippen molar-refractivity contribution in [2.24, 2.45) is 4.99 Å². The van der Waals surface area contributed by atoms with Gasteiger partial charge in [0, 0.05) is 18.0 Å². The van der Waals surface area contributed by atoms with Gasteiger partial charge in [0.25, 0.3) is 0 Å². The van der Waals surface area contributed by atoms with Gasteiger partial charge in [0.1, 0.15) is 0 Å². The first kappa shape index (κ1) is 6.53. The predicted octanol–water partition coefficient (Wildman–Crippen LogP) is 0.275. The maximum atomic E-state index is 4.31. The molecule has 0 bridgehead atoms. The molecule has 0 amide bonds. The molecule has 0 aliphatic carbocycles. The number of fused-ring (bicyclic) bond motifs is 1. The smallest absolute Gasteiger partial charge is 0.154 e. The van der Waals surface area contributed by atoms with E-state index in [2.05, 4.69) is 23.0 Å². The summed E-state index contributed by atoms with van der Waals surface area (Å²) in [5.41, 5.74) is 2.32. The normalized spacial score (nSPS) is 15.5. The standard InChI is InChI=1S/C9H10N2/c1-7-4-6-11-9-8(7)3-2-5-10-9/h2-3,5H,4,6H2,1H3. The minimum Gasteiger partial charge on any atom is -0.266 e. The second-order valence-corrected chi connectivity index (χ2v) is 2.79. The van der Waals surface area contributed by atoms with Gasteiger partial charge in [0.2, 0.25) is 0 Å². The maximum absolute atomic E-state index is 4.31. The third-order valence-corrected chi connectivity index (χ3v) is 1.99. The van der Waals surface area contributed by atoms with E-state index < -0.39 is 0 Å². The minimum atomic E-state index is 0.899. The maximum Gasteiger partial charge on any atom is 0.154 e. The number of hydrogen-bond acceptors (Lipinski definition) is 2. The van der Waals surface area contributed by atoms with Crippen LogP contribution in [0.15, 0.2) is 23.3 Å². The van der Waals surface area contributed by atoms with Crippen LogP contribution in [0.25, 0.3) is 5.57 Å². The van der Waals surface area contributed by atoms with Gasteiger partial charge in [-0.2, -0.15) is 0 Å². The lowest BCUT2D eigenvalue weighted by atomic mass is 10.1. The van der Waals surface area contributed by atoms with Crippen LogP contribution in [0.5, 0.6) is 0 Å². The lowest BCUT2D eigenvalue weighted by molar-refractivity contribution is 0.895. The molecule has 11 heavy (non-hydrogen) atoms. The van der Waals surface area contributed by atoms with Gasteiger partial charge >= 0.3 is 0 Å². The second kappa shape index (κ2) is 2.46. The molecule has 2 rings (SSSR count). The van der Waals surface area contributed by atoms with Gasteiger partial charge in [-0.25, -0.2) is 4.98 Å². The molecule has 2 heteroatoms. The van der Waals surface area contributed by atoms with Crippen LogP contribution in [0.2, 0.25) is 0 Å². The molecule has 1 aromatic heterocycles. The van der Waals surface area contributed by atoms with E-state index in [1.165, 1.54) is 10.8 Å². The van der Waals surface area contributed by atoms with Crippen molar-refractivity contribution in [3.63, 3.8) is 0 Å². The second-order valence-electron chi connectivity index (χ2n) is 2.79. The van der Waals surface area contributed by atoms with E-state index in [4.69, 9.17) is 0 Å². The van der Waals surface area contributed by atoms with Gasteiger partial charge in [0.05, 0.1) is 0 Å². The fourth-order valence-electron chi connectivity index (χ4n) is 1.32. The highest BCUT2D eigenvalue weighted by molar-refractivity contribution is 5.41. The van der Waals surface area contributed by atoms with Gasteiger partial charge in [-0.05, 0) is 25.5 Å². The van der Waals surface area contributed by atoms with Crippen LogP contribution in [-0.2, 0) is 0 Å². The molecule has 1 aliphatic rings. The molecule has 0 fully saturated rings. The molecule has 0 saturated carbocycles. The minimum absolute atomic E-state index is 0.899. The number of nitrogens with zero attached hydrogens (tertiary/aromatic N) is 2. The molecule has 0 N–H and O–H groups in total. The summed E-state index contributed by atoms with van der Waals surface area (Å²) in [7, 11) is 0. The molecule has 0 aromatic carbocycles. The highest BCUT2D eigenvalue weighted by Gasteiger charge is 1.98. The van der Waals surface area contributed by atoms with Crippen molar-refractivity contribution in [2.75, 3.05) is 6.54 Å². The molecule has 1 aromatic rings. The van der Waals surface area contributed by atoms with Gasteiger partial charge in [-0.15, -0.1) is 0 Å². The molecule has 56 valence electrons. The third-order valence-electron chi connectivity index (χ3n) is 1.99. The van der Waals surface area contributed by atoms with Crippen LogP contribution < -0.4 is 10.7 Å². The molecule has 0 spiro atoms. The Morgan fingerprint density at radius 3 is 3.18 bits per heavy atom. The van der Waals surface area contributed by atoms with Crippen molar-refractivity contribution in [3.05, 3.63) is 29.0 Å². The number of aromatic nitrogens is 1. The van der Waals surface area contributed by atoms with Crippen molar-refractivity contribution in [2.45, 2.75) is 13.3 Å². The summed E-state index contributed by atoms with van der Waals surface area (Å²) in [5.74, 6) is 0. The third kappa shape index (κ3) is 1.04. The molecule has 0 radical (unpaired) electrons. The average molecular weight is 146 g/mol. The zero-order valence-corrected chi connectivity index (χ0v) is 6.54. The molecule has 2 heterocycles. The van der Waals surface area contributed by atoms with E-state index in [1.807, 2.05) is 6.07 Å². The van der Waals surface area contributed by atoms with Crippen molar-refractivity contribution >= 4 is 5.57 Å². The van der Waals surface area contributed by atoms with E-state index in [9.17, 15) is 0 Å². The Hall–Kier alpha value is -1.18. The van der Waals surface area contributed by atoms with E-state index in [0.29, 0.717) is 0 Å². The van der Waals surface area contributed by atoms with Gasteiger partial charge in [-0.1, -0.05) is 5.57 Å². The SMILES string of the molecule is CC1=c2cccnc2=NCC1. The molecule has 1 aliphatic heterocycles. The Labute approximate surface area is 65.3 Å². The fourth-order valence-corrected chi connectivity index (χ4v) is 1.32. The summed E-state index contributed by atoms with van der Waals surface area (Å²) in [6.45, 7) is 3.05. The van der Waals surface area contributed by atoms with Crippen LogP contribution in [0.1, 0.15) is 13.3 Å². The number of hydrogen-bond donors (Lipinski definition) is 0. The largest absolute Gasteiger partial charge is 0.266 e. The monoisotopic (exact) mass is 146 g/mol. The van der Waals surface area contributed by atoms with Crippen LogP contribution in [0, 0.1) is 0 Å². The highest BCUT2D eigenvalue weighted by Crippen LogP contribution is 1.98. The molecular formula is C9H10N2. The van der Waals surface area contributed by atoms with Crippen LogP contribution >= 0.6 is 0 Å². The highest BCUT2D eigenvalue weighted by atomic mass is 14.8. The molecule has 0 unspecified atom stereocenters. The van der Waals surface area contributed by atoms with E-state index in [1.54, 1.807) is 6.20 Å². The Morgan fingerprint density at radius 2 is 2.36 bits per heavy atom. The van der Waals surface area contributed by atoms with Gasteiger partial charge in [-0.3, -0.25) is 4.99 Å². The summed E-state index contributed by atoms with van der Waals surface area (Å²) in [6, 6.07) is 4.05. The van der Waals surface area contributed by atoms with E-state index >= 15 is 0 Å². The van der Waals surface area contributed by atoms with E-state index in [0.717, 1.165) is 18.5 Å². The number of rotatable bonds is 0. The van der Waals surface area contributed by atoms with Crippen LogP contribution in [0.4, 0.5) is 0 Å². The molecule has 0 atom stereocenters. The summed E-state index contributed by atoms with van der Waals surface area (Å²) in [4.78, 5) is 8.49. The predicted molar refractivity (Wildman–Crippen MR) is 43.6 cm³/mol. The zero-order chi connectivity index (χ0) is 7.68. The molecular weight excluding hydrogens is 136 g/mol. The molecule has 0 saturated heterocycles. The van der Waals surface area contributed by atoms with Gasteiger partial charge in [0.15, 0.2) is 5.49 Å². The molecule has 2 nitrogen and oxygen atoms in total. The Morgan fingerprint density at radius 1 is 1.45 bits per heavy atom. The van der Waals surface area contributed by atoms with Crippen molar-refractivity contribution < 1.29 is 0 Å². The first-order valence-corrected chi connectivity index (χ1v) is 3.83. The number of pyridine rings is 1. The summed E-state index contributed by atoms with van der Waals surface area (Å²) in [5, 5.41) is 1.22. The average Bonchev–Trinajstić information content (AvgIpc) is 2.06. The topological polar surface area (TPSA) is 25.2 Å². The van der Waals surface area contributed by atoms with E-state index in [-0.39, 0.29) is 0 Å². The Balaban J connectivity index is 2.89. The Kier molecular flexibility index (Phi) is 1.46. The van der Waals surface area contributed by atoms with Crippen LogP contribution in [-0.4, -0.2) is 11.5 Å². The summed E-state index contributed by atoms with van der Waals surface area (Å²) >= 11 is 0. The van der Waals surface area contributed by atoms with Crippen molar-refractivity contribution in [3.8, 4) is 0 Å². The van der Waals surface area contributed by atoms with Crippen LogP contribution in [0.3, 0.4) is 0 Å². The lowest BCUT2D eigenvalue weighted by Crippen LogP contribution is -2.32. The first-order chi connectivity index (χ1) is 5.38. The van der Waals surface area contributed by atoms with Crippen molar-refractivity contribution in [1.82, 2.24) is 4.98 Å². The zero-order valence-electron chi connectivity index (χ0n) is 6.54. The first-order valence-electron chi connectivity index (χ1n) is 3.83. The fraction of sp³-hybridized carbons (Fsp3) is 0.333. The Bertz CT molecular complexity index is 379. The van der Waals surface area contributed by atoms with Gasteiger partial charge < -0.3 is 0 Å². The summed E-state index contributed by atoms with van der Waals surface area (Å²) < 4.78 is 0. The quantitative estimate of drug-likeness (QED) is 0.516. The summed E-state index contributed by atoms with van der Waals surface area (Å²) in [6.07, 6.45) is 2.87. The lowest BCUT2D eigenvalue weighted by Gasteiger charge is -2.03.